The smallest absolute Gasteiger partial charge is 0.323 e. The van der Waals surface area contributed by atoms with Crippen molar-refractivity contribution in [3.63, 3.8) is 0 Å². The fourth-order valence-electron chi connectivity index (χ4n) is 4.86. The zero-order valence-corrected chi connectivity index (χ0v) is 19.7. The summed E-state index contributed by atoms with van der Waals surface area (Å²) in [6.45, 7) is 0.246. The van der Waals surface area contributed by atoms with Gasteiger partial charge in [-0.05, 0) is 42.3 Å². The van der Waals surface area contributed by atoms with E-state index in [0.717, 1.165) is 11.1 Å². The molecule has 1 fully saturated rings. The Hall–Kier alpha value is -3.88. The van der Waals surface area contributed by atoms with Gasteiger partial charge in [-0.3, -0.25) is 4.79 Å². The van der Waals surface area contributed by atoms with Gasteiger partial charge in [-0.2, -0.15) is 0 Å². The van der Waals surface area contributed by atoms with Crippen molar-refractivity contribution < 1.29 is 24.2 Å². The molecule has 5 rings (SSSR count). The molecule has 2 aliphatic heterocycles. The lowest BCUT2D eigenvalue weighted by Gasteiger charge is -2.37. The molecule has 0 aliphatic carbocycles. The fourth-order valence-corrected chi connectivity index (χ4v) is 4.86. The van der Waals surface area contributed by atoms with Crippen molar-refractivity contribution in [1.82, 2.24) is 5.32 Å². The molecule has 3 aromatic carbocycles. The Balaban J connectivity index is 1.24. The van der Waals surface area contributed by atoms with Gasteiger partial charge < -0.3 is 30.5 Å². The van der Waals surface area contributed by atoms with Gasteiger partial charge in [0.2, 0.25) is 5.91 Å². The summed E-state index contributed by atoms with van der Waals surface area (Å²) in [5, 5.41) is 18.6. The first kappa shape index (κ1) is 23.8. The second kappa shape index (κ2) is 10.8. The van der Waals surface area contributed by atoms with Gasteiger partial charge in [-0.15, -0.1) is 0 Å². The Morgan fingerprint density at radius 2 is 1.64 bits per heavy atom. The first-order valence-corrected chi connectivity index (χ1v) is 12.1. The molecule has 186 valence electrons. The number of para-hydroxylation sites is 1. The number of ether oxygens (including phenoxy) is 2. The van der Waals surface area contributed by atoms with Crippen molar-refractivity contribution in [1.29, 1.82) is 0 Å². The Morgan fingerprint density at radius 3 is 2.39 bits per heavy atom. The highest BCUT2D eigenvalue weighted by molar-refractivity contribution is 5.99. The van der Waals surface area contributed by atoms with Gasteiger partial charge in [-0.1, -0.05) is 48.5 Å². The number of fused-ring (bicyclic) bond motifs is 3. The molecule has 0 unspecified atom stereocenters. The molecule has 3 amide bonds. The molecule has 0 aromatic heterocycles. The van der Waals surface area contributed by atoms with E-state index in [1.165, 1.54) is 0 Å². The van der Waals surface area contributed by atoms with E-state index in [4.69, 9.17) is 9.47 Å². The number of hydrogen-bond donors (Lipinski definition) is 4. The molecule has 8 nitrogen and oxygen atoms in total. The maximum atomic E-state index is 12.6. The van der Waals surface area contributed by atoms with Crippen LogP contribution in [0.25, 0.3) is 0 Å². The summed E-state index contributed by atoms with van der Waals surface area (Å²) in [6.07, 6.45) is -0.471. The van der Waals surface area contributed by atoms with Gasteiger partial charge in [0.1, 0.15) is 18.0 Å². The van der Waals surface area contributed by atoms with Crippen LogP contribution >= 0.6 is 0 Å². The molecular weight excluding hydrogens is 458 g/mol. The van der Waals surface area contributed by atoms with Gasteiger partial charge >= 0.3 is 6.03 Å². The van der Waals surface area contributed by atoms with Crippen LogP contribution in [-0.4, -0.2) is 42.0 Å². The zero-order valence-electron chi connectivity index (χ0n) is 19.7. The SMILES string of the molecule is O=C(C[C@H]1C[C@H]2c3cc(NC(=O)Nc4ccccc4)ccc3O[C@H]2[C@@H](CO)O1)NCc1ccccc1. The van der Waals surface area contributed by atoms with Crippen LogP contribution in [0.2, 0.25) is 0 Å². The maximum absolute atomic E-state index is 12.6. The number of carbonyl (C=O) groups is 2. The summed E-state index contributed by atoms with van der Waals surface area (Å²) < 4.78 is 12.2. The monoisotopic (exact) mass is 487 g/mol. The van der Waals surface area contributed by atoms with Crippen molar-refractivity contribution in [3.05, 3.63) is 90.0 Å². The summed E-state index contributed by atoms with van der Waals surface area (Å²) in [7, 11) is 0. The average Bonchev–Trinajstić information content (AvgIpc) is 3.26. The summed E-state index contributed by atoms with van der Waals surface area (Å²) in [5.41, 5.74) is 3.30. The third-order valence-electron chi connectivity index (χ3n) is 6.53. The van der Waals surface area contributed by atoms with E-state index in [2.05, 4.69) is 16.0 Å². The van der Waals surface area contributed by atoms with Crippen molar-refractivity contribution >= 4 is 23.3 Å². The Labute approximate surface area is 209 Å². The first-order valence-electron chi connectivity index (χ1n) is 12.1. The third kappa shape index (κ3) is 5.50. The van der Waals surface area contributed by atoms with Crippen molar-refractivity contribution in [2.75, 3.05) is 17.2 Å². The van der Waals surface area contributed by atoms with Crippen molar-refractivity contribution in [2.24, 2.45) is 0 Å². The van der Waals surface area contributed by atoms with Gasteiger partial charge in [0.25, 0.3) is 0 Å². The molecule has 3 aromatic rings. The molecule has 4 N–H and O–H groups in total. The summed E-state index contributed by atoms with van der Waals surface area (Å²) in [4.78, 5) is 25.1. The normalized spacial score (nSPS) is 22.0. The molecule has 1 saturated heterocycles. The highest BCUT2D eigenvalue weighted by atomic mass is 16.6. The van der Waals surface area contributed by atoms with E-state index in [1.54, 1.807) is 6.07 Å². The third-order valence-corrected chi connectivity index (χ3v) is 6.53. The number of aliphatic hydroxyl groups excluding tert-OH is 1. The number of amides is 3. The van der Waals surface area contributed by atoms with E-state index in [-0.39, 0.29) is 43.1 Å². The number of benzene rings is 3. The predicted octanol–water partition coefficient (Wildman–Crippen LogP) is 4.03. The topological polar surface area (TPSA) is 109 Å². The molecule has 4 atom stereocenters. The molecule has 0 radical (unpaired) electrons. The number of anilines is 2. The predicted molar refractivity (Wildman–Crippen MR) is 136 cm³/mol. The van der Waals surface area contributed by atoms with Crippen LogP contribution in [0, 0.1) is 0 Å². The number of hydrogen-bond acceptors (Lipinski definition) is 5. The Morgan fingerprint density at radius 1 is 0.917 bits per heavy atom. The zero-order chi connectivity index (χ0) is 24.9. The molecular formula is C28H29N3O5. The first-order chi connectivity index (χ1) is 17.6. The van der Waals surface area contributed by atoms with E-state index in [0.29, 0.717) is 30.1 Å². The number of aliphatic hydroxyl groups is 1. The minimum absolute atomic E-state index is 0.0586. The number of nitrogens with one attached hydrogen (secondary N) is 3. The highest BCUT2D eigenvalue weighted by Gasteiger charge is 2.46. The van der Waals surface area contributed by atoms with Gasteiger partial charge in [0.05, 0.1) is 19.1 Å². The van der Waals surface area contributed by atoms with E-state index < -0.39 is 6.10 Å². The Bertz CT molecular complexity index is 1200. The lowest BCUT2D eigenvalue weighted by atomic mass is 9.84. The molecule has 0 bridgehead atoms. The number of carbonyl (C=O) groups excluding carboxylic acids is 2. The molecule has 2 aliphatic rings. The van der Waals surface area contributed by atoms with E-state index in [1.807, 2.05) is 72.8 Å². The van der Waals surface area contributed by atoms with Gasteiger partial charge in [0, 0.05) is 29.4 Å². The minimum atomic E-state index is -0.541. The second-order valence-electron chi connectivity index (χ2n) is 9.07. The summed E-state index contributed by atoms with van der Waals surface area (Å²) >= 11 is 0. The summed E-state index contributed by atoms with van der Waals surface area (Å²) in [6, 6.07) is 24.1. The second-order valence-corrected chi connectivity index (χ2v) is 9.07. The van der Waals surface area contributed by atoms with E-state index >= 15 is 0 Å². The largest absolute Gasteiger partial charge is 0.487 e. The molecule has 2 heterocycles. The number of rotatable bonds is 7. The van der Waals surface area contributed by atoms with Crippen molar-refractivity contribution in [2.45, 2.75) is 43.6 Å². The molecule has 0 saturated carbocycles. The Kier molecular flexibility index (Phi) is 7.16. The van der Waals surface area contributed by atoms with Crippen LogP contribution in [0.5, 0.6) is 5.75 Å². The summed E-state index contributed by atoms with van der Waals surface area (Å²) in [5.74, 6) is 0.540. The maximum Gasteiger partial charge on any atom is 0.323 e. The average molecular weight is 488 g/mol. The van der Waals surface area contributed by atoms with Crippen molar-refractivity contribution in [3.8, 4) is 5.75 Å². The van der Waals surface area contributed by atoms with E-state index in [9.17, 15) is 14.7 Å². The molecule has 0 spiro atoms. The van der Waals surface area contributed by atoms with Crippen LogP contribution < -0.4 is 20.7 Å². The highest BCUT2D eigenvalue weighted by Crippen LogP contribution is 2.47. The quantitative estimate of drug-likeness (QED) is 0.402. The van der Waals surface area contributed by atoms with Crippen LogP contribution in [0.15, 0.2) is 78.9 Å². The minimum Gasteiger partial charge on any atom is -0.487 e. The fraction of sp³-hybridized carbons (Fsp3) is 0.286. The molecule has 8 heteroatoms. The van der Waals surface area contributed by atoms with Gasteiger partial charge in [0.15, 0.2) is 0 Å². The van der Waals surface area contributed by atoms with Crippen LogP contribution in [-0.2, 0) is 16.1 Å². The van der Waals surface area contributed by atoms with Crippen LogP contribution in [0.4, 0.5) is 16.2 Å². The lowest BCUT2D eigenvalue weighted by molar-refractivity contribution is -0.142. The van der Waals surface area contributed by atoms with Crippen LogP contribution in [0.1, 0.15) is 29.9 Å². The number of urea groups is 1. The van der Waals surface area contributed by atoms with Crippen LogP contribution in [0.3, 0.4) is 0 Å². The molecule has 36 heavy (non-hydrogen) atoms. The standard InChI is InChI=1S/C28H29N3O5/c32-17-25-27-23(14-21(35-25)15-26(33)29-16-18-7-3-1-4-8-18)22-13-20(11-12-24(22)36-27)31-28(34)30-19-9-5-2-6-10-19/h1-13,21,23,25,27,32H,14-17H2,(H,29,33)(H2,30,31,34)/t21-,23+,25-,27-/m1/s1. The lowest BCUT2D eigenvalue weighted by Crippen LogP contribution is -2.47. The van der Waals surface area contributed by atoms with Gasteiger partial charge in [-0.25, -0.2) is 4.79 Å².